The summed E-state index contributed by atoms with van der Waals surface area (Å²) in [4.78, 5) is 10.9. The number of nitrogens with one attached hydrogen (secondary N) is 1. The molecule has 0 unspecified atom stereocenters. The molecule has 0 fully saturated rings. The van der Waals surface area contributed by atoms with Crippen molar-refractivity contribution >= 4 is 5.91 Å². The zero-order valence-electron chi connectivity index (χ0n) is 13.0. The van der Waals surface area contributed by atoms with E-state index in [4.69, 9.17) is 5.84 Å². The zero-order valence-corrected chi connectivity index (χ0v) is 13.0. The standard InChI is InChI=1S/C18H28N2O/c1-2-3-4-5-6-7-8-9-10-11-12-13-14-15-16-17-18(21)20-19/h2H,1,3-5,8,11-17,19H2,(H,20,21). The van der Waals surface area contributed by atoms with Crippen molar-refractivity contribution in [2.45, 2.75) is 70.6 Å². The van der Waals surface area contributed by atoms with E-state index >= 15 is 0 Å². The van der Waals surface area contributed by atoms with Gasteiger partial charge in [-0.05, 0) is 25.7 Å². The molecule has 0 spiro atoms. The van der Waals surface area contributed by atoms with Gasteiger partial charge in [0, 0.05) is 19.3 Å². The van der Waals surface area contributed by atoms with Crippen LogP contribution in [0.25, 0.3) is 0 Å². The number of hydrogen-bond acceptors (Lipinski definition) is 2. The molecule has 0 aliphatic rings. The van der Waals surface area contributed by atoms with Gasteiger partial charge in [0.05, 0.1) is 6.42 Å². The number of allylic oxidation sites excluding steroid dienone is 1. The zero-order chi connectivity index (χ0) is 15.6. The van der Waals surface area contributed by atoms with Crippen molar-refractivity contribution in [1.29, 1.82) is 0 Å². The lowest BCUT2D eigenvalue weighted by Gasteiger charge is -1.99. The Bertz CT molecular complexity index is 393. The maximum atomic E-state index is 10.9. The number of hydrogen-bond donors (Lipinski definition) is 2. The minimum atomic E-state index is -0.0773. The summed E-state index contributed by atoms with van der Waals surface area (Å²) in [5.41, 5.74) is 2.14. The van der Waals surface area contributed by atoms with Crippen molar-refractivity contribution in [2.24, 2.45) is 5.84 Å². The molecule has 0 radical (unpaired) electrons. The molecule has 0 saturated heterocycles. The van der Waals surface area contributed by atoms with E-state index in [2.05, 4.69) is 35.7 Å². The van der Waals surface area contributed by atoms with Crippen LogP contribution < -0.4 is 11.3 Å². The minimum absolute atomic E-state index is 0.0773. The number of carbonyl (C=O) groups excluding carboxylic acids is 1. The van der Waals surface area contributed by atoms with E-state index in [0.29, 0.717) is 12.8 Å². The highest BCUT2D eigenvalue weighted by atomic mass is 16.2. The van der Waals surface area contributed by atoms with Crippen molar-refractivity contribution in [2.75, 3.05) is 0 Å². The minimum Gasteiger partial charge on any atom is -0.294 e. The van der Waals surface area contributed by atoms with Crippen LogP contribution in [0.4, 0.5) is 0 Å². The third-order valence-corrected chi connectivity index (χ3v) is 3.00. The third kappa shape index (κ3) is 16.2. The van der Waals surface area contributed by atoms with Gasteiger partial charge in [-0.3, -0.25) is 10.2 Å². The Hall–Kier alpha value is -1.71. The summed E-state index contributed by atoms with van der Waals surface area (Å²) in [5, 5.41) is 0. The summed E-state index contributed by atoms with van der Waals surface area (Å²) in [6.45, 7) is 3.68. The van der Waals surface area contributed by atoms with Gasteiger partial charge in [0.1, 0.15) is 0 Å². The van der Waals surface area contributed by atoms with Gasteiger partial charge in [0.2, 0.25) is 5.91 Å². The Kier molecular flexibility index (Phi) is 15.0. The van der Waals surface area contributed by atoms with Crippen molar-refractivity contribution in [3.63, 3.8) is 0 Å². The highest BCUT2D eigenvalue weighted by Crippen LogP contribution is 2.06. The largest absolute Gasteiger partial charge is 0.294 e. The normalized spacial score (nSPS) is 9.00. The lowest BCUT2D eigenvalue weighted by atomic mass is 10.1. The van der Waals surface area contributed by atoms with E-state index < -0.39 is 0 Å². The van der Waals surface area contributed by atoms with Gasteiger partial charge < -0.3 is 0 Å². The number of rotatable bonds is 10. The van der Waals surface area contributed by atoms with Crippen LogP contribution in [0.5, 0.6) is 0 Å². The average Bonchev–Trinajstić information content (AvgIpc) is 2.50. The average molecular weight is 288 g/mol. The lowest BCUT2D eigenvalue weighted by Crippen LogP contribution is -2.29. The second-order valence-corrected chi connectivity index (χ2v) is 4.90. The summed E-state index contributed by atoms with van der Waals surface area (Å²) in [6, 6.07) is 0. The Labute approximate surface area is 129 Å². The van der Waals surface area contributed by atoms with Crippen molar-refractivity contribution in [1.82, 2.24) is 5.43 Å². The van der Waals surface area contributed by atoms with E-state index in [1.165, 1.54) is 6.42 Å². The van der Waals surface area contributed by atoms with Gasteiger partial charge in [0.25, 0.3) is 0 Å². The molecule has 0 heterocycles. The van der Waals surface area contributed by atoms with E-state index in [0.717, 1.165) is 51.4 Å². The van der Waals surface area contributed by atoms with Crippen LogP contribution in [0.2, 0.25) is 0 Å². The lowest BCUT2D eigenvalue weighted by molar-refractivity contribution is -0.121. The molecule has 0 aromatic rings. The van der Waals surface area contributed by atoms with Crippen LogP contribution in [-0.2, 0) is 4.79 Å². The molecule has 3 N–H and O–H groups in total. The topological polar surface area (TPSA) is 55.1 Å². The first-order valence-electron chi connectivity index (χ1n) is 7.83. The van der Waals surface area contributed by atoms with Gasteiger partial charge in [0.15, 0.2) is 0 Å². The van der Waals surface area contributed by atoms with Crippen LogP contribution in [0, 0.1) is 23.7 Å². The molecule has 21 heavy (non-hydrogen) atoms. The van der Waals surface area contributed by atoms with Crippen LogP contribution >= 0.6 is 0 Å². The molecule has 0 aromatic carbocycles. The monoisotopic (exact) mass is 288 g/mol. The smallest absolute Gasteiger partial charge is 0.233 e. The number of unbranched alkanes of at least 4 members (excludes halogenated alkanes) is 7. The Morgan fingerprint density at radius 1 is 0.952 bits per heavy atom. The first-order valence-corrected chi connectivity index (χ1v) is 7.83. The molecule has 3 nitrogen and oxygen atoms in total. The van der Waals surface area contributed by atoms with Crippen molar-refractivity contribution in [3.8, 4) is 23.7 Å². The molecular weight excluding hydrogens is 260 g/mol. The molecule has 0 aromatic heterocycles. The molecule has 3 heteroatoms. The first-order chi connectivity index (χ1) is 10.3. The van der Waals surface area contributed by atoms with Crippen LogP contribution in [0.15, 0.2) is 12.7 Å². The molecular formula is C18H28N2O. The first kappa shape index (κ1) is 19.3. The number of carbonyl (C=O) groups is 1. The third-order valence-electron chi connectivity index (χ3n) is 3.00. The number of nitrogens with two attached hydrogens (primary N) is 1. The van der Waals surface area contributed by atoms with E-state index in [9.17, 15) is 4.79 Å². The van der Waals surface area contributed by atoms with Gasteiger partial charge in [-0.25, -0.2) is 5.84 Å². The van der Waals surface area contributed by atoms with Crippen LogP contribution in [0.3, 0.4) is 0 Å². The fourth-order valence-corrected chi connectivity index (χ4v) is 1.78. The predicted molar refractivity (Wildman–Crippen MR) is 88.9 cm³/mol. The molecule has 116 valence electrons. The number of amides is 1. The Morgan fingerprint density at radius 3 is 2.24 bits per heavy atom. The highest BCUT2D eigenvalue weighted by molar-refractivity contribution is 5.74. The second-order valence-electron chi connectivity index (χ2n) is 4.90. The molecule has 0 aliphatic carbocycles. The van der Waals surface area contributed by atoms with Crippen molar-refractivity contribution in [3.05, 3.63) is 12.7 Å². The van der Waals surface area contributed by atoms with Crippen LogP contribution in [-0.4, -0.2) is 5.91 Å². The van der Waals surface area contributed by atoms with E-state index in [1.807, 2.05) is 6.08 Å². The fourth-order valence-electron chi connectivity index (χ4n) is 1.78. The fraction of sp³-hybridized carbons (Fsp3) is 0.611. The Balaban J connectivity index is 3.30. The molecule has 0 rings (SSSR count). The van der Waals surface area contributed by atoms with Gasteiger partial charge in [-0.15, -0.1) is 18.4 Å². The molecule has 1 amide bonds. The van der Waals surface area contributed by atoms with Gasteiger partial charge >= 0.3 is 0 Å². The Morgan fingerprint density at radius 2 is 1.57 bits per heavy atom. The summed E-state index contributed by atoms with van der Waals surface area (Å²) in [7, 11) is 0. The summed E-state index contributed by atoms with van der Waals surface area (Å²) >= 11 is 0. The maximum absolute atomic E-state index is 10.9. The van der Waals surface area contributed by atoms with Gasteiger partial charge in [-0.1, -0.05) is 37.2 Å². The van der Waals surface area contributed by atoms with Crippen molar-refractivity contribution < 1.29 is 4.79 Å². The SMILES string of the molecule is C=CCCCC#CCC#CCCCCCCCC(=O)NN. The molecule has 0 bridgehead atoms. The molecule has 0 atom stereocenters. The summed E-state index contributed by atoms with van der Waals surface area (Å²) in [5.74, 6) is 17.4. The van der Waals surface area contributed by atoms with E-state index in [1.54, 1.807) is 0 Å². The summed E-state index contributed by atoms with van der Waals surface area (Å²) in [6.07, 6.45) is 12.6. The number of hydrazine groups is 1. The van der Waals surface area contributed by atoms with E-state index in [-0.39, 0.29) is 5.91 Å². The molecule has 0 saturated carbocycles. The van der Waals surface area contributed by atoms with Gasteiger partial charge in [-0.2, -0.15) is 0 Å². The second kappa shape index (κ2) is 16.3. The quantitative estimate of drug-likeness (QED) is 0.161. The predicted octanol–water partition coefficient (Wildman–Crippen LogP) is 3.46. The summed E-state index contributed by atoms with van der Waals surface area (Å²) < 4.78 is 0. The molecule has 0 aliphatic heterocycles. The maximum Gasteiger partial charge on any atom is 0.233 e. The highest BCUT2D eigenvalue weighted by Gasteiger charge is 1.96. The van der Waals surface area contributed by atoms with Crippen LogP contribution in [0.1, 0.15) is 70.6 Å².